The van der Waals surface area contributed by atoms with Crippen molar-refractivity contribution in [3.63, 3.8) is 0 Å². The molecule has 0 bridgehead atoms. The number of alkyl halides is 2. The average molecular weight is 534 g/mol. The van der Waals surface area contributed by atoms with Crippen LogP contribution in [0, 0.1) is 0 Å². The summed E-state index contributed by atoms with van der Waals surface area (Å²) >= 11 is 0. The van der Waals surface area contributed by atoms with Gasteiger partial charge in [0.2, 0.25) is 5.91 Å². The second kappa shape index (κ2) is 9.93. The van der Waals surface area contributed by atoms with Crippen molar-refractivity contribution in [1.82, 2.24) is 29.3 Å². The van der Waals surface area contributed by atoms with E-state index in [1.54, 1.807) is 12.3 Å². The Labute approximate surface area is 209 Å². The van der Waals surface area contributed by atoms with Gasteiger partial charge in [-0.3, -0.25) is 14.3 Å². The molecule has 15 heteroatoms. The van der Waals surface area contributed by atoms with Gasteiger partial charge >= 0.3 is 6.61 Å². The summed E-state index contributed by atoms with van der Waals surface area (Å²) in [5.41, 5.74) is 0.157. The molecule has 0 saturated heterocycles. The lowest BCUT2D eigenvalue weighted by Crippen LogP contribution is -2.26. The van der Waals surface area contributed by atoms with E-state index >= 15 is 0 Å². The van der Waals surface area contributed by atoms with Gasteiger partial charge in [0.1, 0.15) is 23.6 Å². The Morgan fingerprint density at radius 3 is 2.68 bits per heavy atom. The maximum atomic E-state index is 13.2. The van der Waals surface area contributed by atoms with Crippen LogP contribution in [0.2, 0.25) is 0 Å². The van der Waals surface area contributed by atoms with Gasteiger partial charge in [-0.25, -0.2) is 17.9 Å². The molecule has 194 valence electrons. The van der Waals surface area contributed by atoms with Gasteiger partial charge in [0.15, 0.2) is 15.5 Å². The van der Waals surface area contributed by atoms with Crippen molar-refractivity contribution in [2.24, 2.45) is 0 Å². The summed E-state index contributed by atoms with van der Waals surface area (Å²) in [5, 5.41) is 11.0. The van der Waals surface area contributed by atoms with Gasteiger partial charge in [0.25, 0.3) is 5.91 Å². The van der Waals surface area contributed by atoms with E-state index in [2.05, 4.69) is 25.2 Å². The van der Waals surface area contributed by atoms with Crippen LogP contribution in [0.5, 0.6) is 5.75 Å². The molecule has 0 unspecified atom stereocenters. The number of benzene rings is 1. The quantitative estimate of drug-likeness (QED) is 0.362. The van der Waals surface area contributed by atoms with Crippen molar-refractivity contribution < 1.29 is 31.5 Å². The third kappa shape index (κ3) is 5.55. The highest BCUT2D eigenvalue weighted by molar-refractivity contribution is 7.90. The predicted molar refractivity (Wildman–Crippen MR) is 127 cm³/mol. The molecular formula is C22H21F2N7O5S. The number of hydrogen-bond acceptors (Lipinski definition) is 8. The van der Waals surface area contributed by atoms with Crippen LogP contribution in [-0.2, 0) is 21.2 Å². The molecule has 4 aromatic rings. The molecule has 0 fully saturated rings. The second-order valence-electron chi connectivity index (χ2n) is 8.09. The Hall–Kier alpha value is -4.40. The number of nitrogens with zero attached hydrogens (tertiary/aromatic N) is 6. The summed E-state index contributed by atoms with van der Waals surface area (Å²) in [6, 6.07) is 4.93. The van der Waals surface area contributed by atoms with Crippen LogP contribution in [-0.4, -0.2) is 76.5 Å². The first-order chi connectivity index (χ1) is 17.4. The number of nitrogens with one attached hydrogen (secondary N) is 1. The monoisotopic (exact) mass is 533 g/mol. The molecular weight excluding hydrogens is 512 g/mol. The molecule has 37 heavy (non-hydrogen) atoms. The Bertz CT molecular complexity index is 1600. The number of sulfone groups is 1. The van der Waals surface area contributed by atoms with E-state index in [-0.39, 0.29) is 51.3 Å². The summed E-state index contributed by atoms with van der Waals surface area (Å²) in [7, 11) is -0.664. The number of halogens is 2. The maximum Gasteiger partial charge on any atom is 0.387 e. The number of likely N-dealkylation sites (N-methyl/N-ethyl adjacent to an activating group) is 1. The van der Waals surface area contributed by atoms with Crippen molar-refractivity contribution in [2.45, 2.75) is 18.1 Å². The fraction of sp³-hybridized carbons (Fsp3) is 0.227. The van der Waals surface area contributed by atoms with Gasteiger partial charge in [-0.15, -0.1) is 0 Å². The van der Waals surface area contributed by atoms with E-state index in [1.165, 1.54) is 46.8 Å². The fourth-order valence-corrected chi connectivity index (χ4v) is 4.02. The first kappa shape index (κ1) is 25.7. The van der Waals surface area contributed by atoms with Crippen molar-refractivity contribution in [1.29, 1.82) is 0 Å². The van der Waals surface area contributed by atoms with Gasteiger partial charge < -0.3 is 15.0 Å². The minimum atomic E-state index is -3.74. The van der Waals surface area contributed by atoms with E-state index in [0.29, 0.717) is 0 Å². The number of carbonyl (C=O) groups is 2. The van der Waals surface area contributed by atoms with Gasteiger partial charge in [-0.2, -0.15) is 19.0 Å². The number of rotatable bonds is 8. The number of aromatic nitrogens is 5. The smallest absolute Gasteiger partial charge is 0.387 e. The Balaban J connectivity index is 1.84. The maximum absolute atomic E-state index is 13.2. The molecule has 1 aromatic carbocycles. The van der Waals surface area contributed by atoms with Crippen LogP contribution >= 0.6 is 0 Å². The zero-order valence-corrected chi connectivity index (χ0v) is 20.6. The molecule has 12 nitrogen and oxygen atoms in total. The fourth-order valence-electron chi connectivity index (χ4n) is 3.37. The number of carbonyl (C=O) groups excluding carboxylic acids is 2. The summed E-state index contributed by atoms with van der Waals surface area (Å²) in [6.45, 7) is -3.46. The molecule has 3 aromatic heterocycles. The SMILES string of the molecule is CN(C)C(=O)Cn1cc(NC(=O)c2cnn3cccnc23)c(-c2cc(S(C)(=O)=O)ccc2OC(F)F)n1. The highest BCUT2D eigenvalue weighted by Gasteiger charge is 2.24. The first-order valence-corrected chi connectivity index (χ1v) is 12.5. The molecule has 0 aliphatic carbocycles. The number of amides is 2. The molecule has 4 rings (SSSR count). The molecule has 0 atom stereocenters. The summed E-state index contributed by atoms with van der Waals surface area (Å²) < 4.78 is 57.8. The van der Waals surface area contributed by atoms with Crippen LogP contribution in [0.1, 0.15) is 10.4 Å². The predicted octanol–water partition coefficient (Wildman–Crippen LogP) is 1.94. The Kier molecular flexibility index (Phi) is 6.89. The van der Waals surface area contributed by atoms with Gasteiger partial charge in [-0.1, -0.05) is 0 Å². The standard InChI is InChI=1S/C22H21F2N7O5S/c1-29(2)18(32)12-30-11-16(27-21(33)15-10-26-31-8-4-7-25-20(15)31)19(28-30)14-9-13(37(3,34)35)5-6-17(14)36-22(23)24/h4-11,22H,12H2,1-3H3,(H,27,33). The first-order valence-electron chi connectivity index (χ1n) is 10.6. The highest BCUT2D eigenvalue weighted by Crippen LogP contribution is 2.37. The third-order valence-corrected chi connectivity index (χ3v) is 6.29. The van der Waals surface area contributed by atoms with Crippen LogP contribution in [0.25, 0.3) is 16.9 Å². The van der Waals surface area contributed by atoms with Crippen molar-refractivity contribution in [3.05, 3.63) is 54.6 Å². The minimum absolute atomic E-state index is 0.0107. The van der Waals surface area contributed by atoms with Crippen molar-refractivity contribution in [2.75, 3.05) is 25.7 Å². The highest BCUT2D eigenvalue weighted by atomic mass is 32.2. The zero-order chi connectivity index (χ0) is 26.9. The molecule has 1 N–H and O–H groups in total. The van der Waals surface area contributed by atoms with E-state index < -0.39 is 22.4 Å². The van der Waals surface area contributed by atoms with E-state index in [9.17, 15) is 26.8 Å². The number of fused-ring (bicyclic) bond motifs is 1. The molecule has 0 aliphatic heterocycles. The van der Waals surface area contributed by atoms with E-state index in [0.717, 1.165) is 24.5 Å². The Morgan fingerprint density at radius 1 is 1.24 bits per heavy atom. The molecule has 2 amide bonds. The van der Waals surface area contributed by atoms with Crippen LogP contribution in [0.4, 0.5) is 14.5 Å². The van der Waals surface area contributed by atoms with Crippen LogP contribution in [0.3, 0.4) is 0 Å². The van der Waals surface area contributed by atoms with Crippen molar-refractivity contribution in [3.8, 4) is 17.0 Å². The molecule has 3 heterocycles. The minimum Gasteiger partial charge on any atom is -0.434 e. The summed E-state index contributed by atoms with van der Waals surface area (Å²) in [6.07, 6.45) is 6.66. The Morgan fingerprint density at radius 2 is 2.00 bits per heavy atom. The van der Waals surface area contributed by atoms with Gasteiger partial charge in [0, 0.05) is 44.5 Å². The number of hydrogen-bond donors (Lipinski definition) is 1. The molecule has 0 saturated carbocycles. The van der Waals surface area contributed by atoms with Gasteiger partial charge in [0.05, 0.1) is 16.8 Å². The zero-order valence-electron chi connectivity index (χ0n) is 19.8. The largest absolute Gasteiger partial charge is 0.434 e. The number of anilines is 1. The molecule has 0 aliphatic rings. The topological polar surface area (TPSA) is 141 Å². The summed E-state index contributed by atoms with van der Waals surface area (Å²) in [5.74, 6) is -1.36. The normalized spacial score (nSPS) is 11.6. The van der Waals surface area contributed by atoms with Crippen LogP contribution in [0.15, 0.2) is 53.9 Å². The lowest BCUT2D eigenvalue weighted by Gasteiger charge is -2.12. The van der Waals surface area contributed by atoms with E-state index in [4.69, 9.17) is 0 Å². The third-order valence-electron chi connectivity index (χ3n) is 5.18. The van der Waals surface area contributed by atoms with Gasteiger partial charge in [-0.05, 0) is 24.3 Å². The number of ether oxygens (including phenoxy) is 1. The van der Waals surface area contributed by atoms with Crippen molar-refractivity contribution >= 4 is 33.0 Å². The van der Waals surface area contributed by atoms with E-state index in [1.807, 2.05) is 0 Å². The van der Waals surface area contributed by atoms with Crippen LogP contribution < -0.4 is 10.1 Å². The molecule has 0 radical (unpaired) electrons. The lowest BCUT2D eigenvalue weighted by molar-refractivity contribution is -0.129. The lowest BCUT2D eigenvalue weighted by atomic mass is 10.1. The second-order valence-corrected chi connectivity index (χ2v) is 10.1. The molecule has 0 spiro atoms. The summed E-state index contributed by atoms with van der Waals surface area (Å²) in [4.78, 5) is 30.7. The average Bonchev–Trinajstić information content (AvgIpc) is 3.42.